The highest BCUT2D eigenvalue weighted by molar-refractivity contribution is 5.87. The molecule has 0 bridgehead atoms. The van der Waals surface area contributed by atoms with Crippen molar-refractivity contribution in [1.82, 2.24) is 9.78 Å². The van der Waals surface area contributed by atoms with Crippen LogP contribution in [0.3, 0.4) is 0 Å². The lowest BCUT2D eigenvalue weighted by atomic mass is 10.1. The lowest BCUT2D eigenvalue weighted by Gasteiger charge is -2.14. The molecule has 1 aromatic carbocycles. The molecule has 8 nitrogen and oxygen atoms in total. The highest BCUT2D eigenvalue weighted by atomic mass is 16.6. The van der Waals surface area contributed by atoms with Crippen molar-refractivity contribution < 1.29 is 19.6 Å². The van der Waals surface area contributed by atoms with Crippen LogP contribution in [0.5, 0.6) is 0 Å². The van der Waals surface area contributed by atoms with E-state index >= 15 is 0 Å². The molecule has 0 saturated carbocycles. The van der Waals surface area contributed by atoms with Gasteiger partial charge >= 0.3 is 5.97 Å². The van der Waals surface area contributed by atoms with Crippen molar-refractivity contribution in [2.75, 3.05) is 6.61 Å². The molecule has 0 aliphatic carbocycles. The number of hydrogen-bond acceptors (Lipinski definition) is 5. The van der Waals surface area contributed by atoms with Crippen molar-refractivity contribution in [3.05, 3.63) is 51.3 Å². The zero-order valence-electron chi connectivity index (χ0n) is 10.9. The predicted molar refractivity (Wildman–Crippen MR) is 70.5 cm³/mol. The molecule has 0 fully saturated rings. The minimum atomic E-state index is -1.11. The third-order valence-corrected chi connectivity index (χ3v) is 3.33. The Labute approximate surface area is 118 Å². The van der Waals surface area contributed by atoms with Gasteiger partial charge in [0.1, 0.15) is 0 Å². The summed E-state index contributed by atoms with van der Waals surface area (Å²) in [7, 11) is 0. The molecule has 1 aromatic heterocycles. The Kier molecular flexibility index (Phi) is 3.15. The van der Waals surface area contributed by atoms with Crippen LogP contribution in [0, 0.1) is 10.1 Å². The van der Waals surface area contributed by atoms with Crippen LogP contribution in [0.4, 0.5) is 5.69 Å². The number of aromatic carboxylic acids is 1. The van der Waals surface area contributed by atoms with E-state index in [1.54, 1.807) is 12.1 Å². The smallest absolute Gasteiger partial charge is 0.356 e. The fourth-order valence-corrected chi connectivity index (χ4v) is 2.34. The van der Waals surface area contributed by atoms with Gasteiger partial charge < -0.3 is 9.84 Å². The first-order valence-electron chi connectivity index (χ1n) is 6.24. The number of nitro groups is 1. The van der Waals surface area contributed by atoms with E-state index in [1.807, 2.05) is 0 Å². The van der Waals surface area contributed by atoms with E-state index in [-0.39, 0.29) is 18.0 Å². The summed E-state index contributed by atoms with van der Waals surface area (Å²) in [6.45, 7) is 0.703. The largest absolute Gasteiger partial charge is 0.476 e. The number of carbonyl (C=O) groups is 1. The second kappa shape index (κ2) is 4.98. The second-order valence-corrected chi connectivity index (χ2v) is 4.57. The number of aromatic nitrogens is 2. The molecule has 3 rings (SSSR count). The first-order chi connectivity index (χ1) is 10.1. The van der Waals surface area contributed by atoms with E-state index in [0.717, 1.165) is 5.69 Å². The van der Waals surface area contributed by atoms with Crippen LogP contribution in [0.25, 0.3) is 5.69 Å². The Morgan fingerprint density at radius 3 is 2.71 bits per heavy atom. The Bertz CT molecular complexity index is 720. The summed E-state index contributed by atoms with van der Waals surface area (Å²) in [5, 5.41) is 24.0. The summed E-state index contributed by atoms with van der Waals surface area (Å²) >= 11 is 0. The van der Waals surface area contributed by atoms with Gasteiger partial charge in [0.15, 0.2) is 5.69 Å². The Morgan fingerprint density at radius 1 is 1.38 bits per heavy atom. The zero-order valence-corrected chi connectivity index (χ0v) is 10.9. The van der Waals surface area contributed by atoms with Crippen molar-refractivity contribution >= 4 is 11.7 Å². The van der Waals surface area contributed by atoms with Crippen LogP contribution < -0.4 is 0 Å². The van der Waals surface area contributed by atoms with Crippen LogP contribution in [0.1, 0.15) is 21.7 Å². The molecule has 2 aromatic rings. The highest BCUT2D eigenvalue weighted by Gasteiger charge is 2.25. The van der Waals surface area contributed by atoms with Gasteiger partial charge in [0.2, 0.25) is 0 Å². The van der Waals surface area contributed by atoms with E-state index in [4.69, 9.17) is 4.74 Å². The molecule has 21 heavy (non-hydrogen) atoms. The maximum Gasteiger partial charge on any atom is 0.356 e. The maximum atomic E-state index is 11.2. The quantitative estimate of drug-likeness (QED) is 0.678. The van der Waals surface area contributed by atoms with E-state index in [1.165, 1.54) is 16.8 Å². The molecule has 108 valence electrons. The topological polar surface area (TPSA) is 107 Å². The van der Waals surface area contributed by atoms with Crippen molar-refractivity contribution in [2.24, 2.45) is 0 Å². The number of rotatable bonds is 3. The summed E-state index contributed by atoms with van der Waals surface area (Å²) in [5.41, 5.74) is 1.86. The van der Waals surface area contributed by atoms with E-state index in [9.17, 15) is 20.0 Å². The number of fused-ring (bicyclic) bond motifs is 1. The first-order valence-corrected chi connectivity index (χ1v) is 6.24. The van der Waals surface area contributed by atoms with Gasteiger partial charge in [0.25, 0.3) is 5.69 Å². The Morgan fingerprint density at radius 2 is 2.10 bits per heavy atom. The molecule has 0 amide bonds. The maximum absolute atomic E-state index is 11.2. The molecule has 1 aliphatic heterocycles. The standard InChI is InChI=1S/C13H11N3O5/c17-13(18)12-10-7-21-6-5-11(10)15(14-12)8-1-3-9(4-2-8)16(19)20/h1-4H,5-7H2,(H,17,18). The van der Waals surface area contributed by atoms with Gasteiger partial charge in [0.05, 0.1) is 29.5 Å². The third kappa shape index (κ3) is 2.25. The Balaban J connectivity index is 2.09. The molecule has 1 aliphatic rings. The summed E-state index contributed by atoms with van der Waals surface area (Å²) < 4.78 is 6.80. The summed E-state index contributed by atoms with van der Waals surface area (Å²) in [5.74, 6) is -1.11. The monoisotopic (exact) mass is 289 g/mol. The minimum Gasteiger partial charge on any atom is -0.476 e. The lowest BCUT2D eigenvalue weighted by Crippen LogP contribution is -2.13. The molecule has 0 unspecified atom stereocenters. The summed E-state index contributed by atoms with van der Waals surface area (Å²) in [6.07, 6.45) is 0.548. The van der Waals surface area contributed by atoms with Gasteiger partial charge in [-0.15, -0.1) is 0 Å². The molecule has 8 heteroatoms. The van der Waals surface area contributed by atoms with E-state index < -0.39 is 10.9 Å². The average molecular weight is 289 g/mol. The Hall–Kier alpha value is -2.74. The van der Waals surface area contributed by atoms with Crippen molar-refractivity contribution in [3.63, 3.8) is 0 Å². The normalized spacial score (nSPS) is 13.7. The molecular weight excluding hydrogens is 278 g/mol. The number of carboxylic acid groups (broad SMARTS) is 1. The van der Waals surface area contributed by atoms with Crippen molar-refractivity contribution in [3.8, 4) is 5.69 Å². The van der Waals surface area contributed by atoms with Crippen LogP contribution in [-0.4, -0.2) is 32.4 Å². The SMILES string of the molecule is O=C(O)c1nn(-c2ccc([N+](=O)[O-])cc2)c2c1COCC2. The fraction of sp³-hybridized carbons (Fsp3) is 0.231. The van der Waals surface area contributed by atoms with Gasteiger partial charge in [0, 0.05) is 24.1 Å². The average Bonchev–Trinajstić information content (AvgIpc) is 2.87. The lowest BCUT2D eigenvalue weighted by molar-refractivity contribution is -0.384. The second-order valence-electron chi connectivity index (χ2n) is 4.57. The van der Waals surface area contributed by atoms with Crippen molar-refractivity contribution in [1.29, 1.82) is 0 Å². The number of nitrogens with zero attached hydrogens (tertiary/aromatic N) is 3. The summed E-state index contributed by atoms with van der Waals surface area (Å²) in [6, 6.07) is 5.82. The summed E-state index contributed by atoms with van der Waals surface area (Å²) in [4.78, 5) is 21.4. The molecule has 2 heterocycles. The van der Waals surface area contributed by atoms with Crippen LogP contribution in [0.15, 0.2) is 24.3 Å². The molecule has 0 saturated heterocycles. The zero-order chi connectivity index (χ0) is 15.0. The van der Waals surface area contributed by atoms with Gasteiger partial charge in [-0.1, -0.05) is 0 Å². The molecule has 0 spiro atoms. The number of benzene rings is 1. The molecular formula is C13H11N3O5. The first kappa shape index (κ1) is 13.3. The van der Waals surface area contributed by atoms with Crippen LogP contribution in [0.2, 0.25) is 0 Å². The predicted octanol–water partition coefficient (Wildman–Crippen LogP) is 1.55. The third-order valence-electron chi connectivity index (χ3n) is 3.33. The molecule has 0 radical (unpaired) electrons. The van der Waals surface area contributed by atoms with Gasteiger partial charge in [-0.3, -0.25) is 10.1 Å². The number of non-ortho nitro benzene ring substituents is 1. The van der Waals surface area contributed by atoms with E-state index in [2.05, 4.69) is 5.10 Å². The number of nitro benzene ring substituents is 1. The number of ether oxygens (including phenoxy) is 1. The van der Waals surface area contributed by atoms with Crippen LogP contribution in [-0.2, 0) is 17.8 Å². The van der Waals surface area contributed by atoms with E-state index in [0.29, 0.717) is 24.3 Å². The fourth-order valence-electron chi connectivity index (χ4n) is 2.34. The van der Waals surface area contributed by atoms with Crippen LogP contribution >= 0.6 is 0 Å². The minimum absolute atomic E-state index is 0.0263. The van der Waals surface area contributed by atoms with Crippen molar-refractivity contribution in [2.45, 2.75) is 13.0 Å². The number of hydrogen-bond donors (Lipinski definition) is 1. The highest BCUT2D eigenvalue weighted by Crippen LogP contribution is 2.25. The molecule has 1 N–H and O–H groups in total. The number of carboxylic acids is 1. The van der Waals surface area contributed by atoms with Gasteiger partial charge in [-0.2, -0.15) is 5.10 Å². The van der Waals surface area contributed by atoms with Gasteiger partial charge in [-0.05, 0) is 12.1 Å². The van der Waals surface area contributed by atoms with Gasteiger partial charge in [-0.25, -0.2) is 9.48 Å². The molecule has 0 atom stereocenters.